The average molecular weight is 234 g/mol. The van der Waals surface area contributed by atoms with Crippen molar-refractivity contribution in [1.29, 1.82) is 0 Å². The second kappa shape index (κ2) is 6.75. The van der Waals surface area contributed by atoms with Gasteiger partial charge in [-0.25, -0.2) is 0 Å². The maximum atomic E-state index is 4.06. The van der Waals surface area contributed by atoms with Crippen molar-refractivity contribution in [1.82, 2.24) is 10.3 Å². The molecule has 2 nitrogen and oxygen atoms in total. The second-order valence-corrected chi connectivity index (χ2v) is 5.76. The minimum atomic E-state index is 0.335. The molecule has 0 aliphatic heterocycles. The van der Waals surface area contributed by atoms with Crippen LogP contribution in [0.1, 0.15) is 46.1 Å². The van der Waals surface area contributed by atoms with Crippen LogP contribution < -0.4 is 5.32 Å². The van der Waals surface area contributed by atoms with E-state index in [4.69, 9.17) is 0 Å². The van der Waals surface area contributed by atoms with Crippen molar-refractivity contribution in [3.63, 3.8) is 0 Å². The lowest BCUT2D eigenvalue weighted by atomic mass is 9.80. The van der Waals surface area contributed by atoms with Crippen molar-refractivity contribution in [2.45, 2.75) is 53.0 Å². The Labute approximate surface area is 106 Å². The fourth-order valence-corrected chi connectivity index (χ4v) is 2.42. The monoisotopic (exact) mass is 234 g/mol. The van der Waals surface area contributed by atoms with E-state index >= 15 is 0 Å². The van der Waals surface area contributed by atoms with E-state index in [1.807, 2.05) is 12.4 Å². The minimum Gasteiger partial charge on any atom is -0.314 e. The van der Waals surface area contributed by atoms with Crippen LogP contribution in [-0.4, -0.2) is 17.6 Å². The topological polar surface area (TPSA) is 24.9 Å². The summed E-state index contributed by atoms with van der Waals surface area (Å²) in [7, 11) is 0. The molecule has 0 spiro atoms. The highest BCUT2D eigenvalue weighted by Gasteiger charge is 2.21. The fraction of sp³-hybridized carbons (Fsp3) is 0.667. The molecule has 1 heterocycles. The van der Waals surface area contributed by atoms with E-state index in [2.05, 4.69) is 50.1 Å². The number of rotatable bonds is 7. The first-order valence-corrected chi connectivity index (χ1v) is 6.66. The van der Waals surface area contributed by atoms with Gasteiger partial charge in [-0.1, -0.05) is 20.8 Å². The van der Waals surface area contributed by atoms with E-state index in [0.29, 0.717) is 11.5 Å². The molecule has 1 unspecified atom stereocenters. The summed E-state index contributed by atoms with van der Waals surface area (Å²) >= 11 is 0. The smallest absolute Gasteiger partial charge is 0.0270 e. The largest absolute Gasteiger partial charge is 0.314 e. The number of hydrogen-bond donors (Lipinski definition) is 1. The van der Waals surface area contributed by atoms with Gasteiger partial charge < -0.3 is 5.32 Å². The van der Waals surface area contributed by atoms with Crippen LogP contribution in [0.5, 0.6) is 0 Å². The van der Waals surface area contributed by atoms with Crippen LogP contribution in [-0.2, 0) is 6.42 Å². The van der Waals surface area contributed by atoms with Gasteiger partial charge in [-0.3, -0.25) is 4.98 Å². The maximum absolute atomic E-state index is 4.06. The van der Waals surface area contributed by atoms with Gasteiger partial charge in [0.05, 0.1) is 0 Å². The van der Waals surface area contributed by atoms with E-state index in [-0.39, 0.29) is 0 Å². The summed E-state index contributed by atoms with van der Waals surface area (Å²) in [6.07, 6.45) is 7.28. The van der Waals surface area contributed by atoms with Gasteiger partial charge >= 0.3 is 0 Å². The van der Waals surface area contributed by atoms with Gasteiger partial charge in [-0.05, 0) is 55.8 Å². The molecule has 0 saturated heterocycles. The van der Waals surface area contributed by atoms with E-state index < -0.39 is 0 Å². The van der Waals surface area contributed by atoms with Crippen molar-refractivity contribution in [3.8, 4) is 0 Å². The van der Waals surface area contributed by atoms with E-state index in [1.165, 1.54) is 18.4 Å². The summed E-state index contributed by atoms with van der Waals surface area (Å²) in [6.45, 7) is 10.3. The lowest BCUT2D eigenvalue weighted by molar-refractivity contribution is 0.287. The molecule has 1 aromatic rings. The Morgan fingerprint density at radius 1 is 1.29 bits per heavy atom. The molecule has 1 aromatic heterocycles. The van der Waals surface area contributed by atoms with Crippen molar-refractivity contribution in [2.24, 2.45) is 5.41 Å². The molecule has 0 bridgehead atoms. The van der Waals surface area contributed by atoms with Crippen LogP contribution >= 0.6 is 0 Å². The van der Waals surface area contributed by atoms with Crippen molar-refractivity contribution in [3.05, 3.63) is 30.1 Å². The predicted octanol–water partition coefficient (Wildman–Crippen LogP) is 3.43. The Hall–Kier alpha value is -0.890. The molecule has 1 rings (SSSR count). The van der Waals surface area contributed by atoms with Gasteiger partial charge in [0.25, 0.3) is 0 Å². The third kappa shape index (κ3) is 5.83. The Bertz CT molecular complexity index is 306. The van der Waals surface area contributed by atoms with Crippen LogP contribution in [0.15, 0.2) is 24.5 Å². The van der Waals surface area contributed by atoms with Gasteiger partial charge in [0, 0.05) is 18.4 Å². The summed E-state index contributed by atoms with van der Waals surface area (Å²) in [6, 6.07) is 4.82. The molecular weight excluding hydrogens is 208 g/mol. The lowest BCUT2D eigenvalue weighted by Crippen LogP contribution is -2.32. The first-order valence-electron chi connectivity index (χ1n) is 6.66. The average Bonchev–Trinajstić information content (AvgIpc) is 2.26. The summed E-state index contributed by atoms with van der Waals surface area (Å²) in [5, 5.41) is 3.56. The maximum Gasteiger partial charge on any atom is 0.0270 e. The van der Waals surface area contributed by atoms with E-state index in [1.54, 1.807) is 0 Å². The van der Waals surface area contributed by atoms with Crippen LogP contribution in [0.4, 0.5) is 0 Å². The zero-order chi connectivity index (χ0) is 12.7. The SMILES string of the molecule is CCCNC(C)CC(C)(C)Cc1ccncc1. The molecule has 0 fully saturated rings. The van der Waals surface area contributed by atoms with Gasteiger partial charge in [0.1, 0.15) is 0 Å². The molecule has 0 radical (unpaired) electrons. The highest BCUT2D eigenvalue weighted by atomic mass is 14.9. The Morgan fingerprint density at radius 3 is 2.53 bits per heavy atom. The Balaban J connectivity index is 2.45. The molecule has 2 heteroatoms. The second-order valence-electron chi connectivity index (χ2n) is 5.76. The molecule has 0 saturated carbocycles. The van der Waals surface area contributed by atoms with Gasteiger partial charge in [-0.2, -0.15) is 0 Å². The van der Waals surface area contributed by atoms with Gasteiger partial charge in [0.2, 0.25) is 0 Å². The number of pyridine rings is 1. The number of aromatic nitrogens is 1. The third-order valence-electron chi connectivity index (χ3n) is 3.03. The first kappa shape index (κ1) is 14.2. The predicted molar refractivity (Wildman–Crippen MR) is 74.1 cm³/mol. The Morgan fingerprint density at radius 2 is 1.94 bits per heavy atom. The highest BCUT2D eigenvalue weighted by molar-refractivity contribution is 5.11. The quantitative estimate of drug-likeness (QED) is 0.782. The molecule has 1 atom stereocenters. The minimum absolute atomic E-state index is 0.335. The molecule has 0 amide bonds. The van der Waals surface area contributed by atoms with Crippen LogP contribution in [0.25, 0.3) is 0 Å². The molecule has 0 aliphatic carbocycles. The van der Waals surface area contributed by atoms with E-state index in [0.717, 1.165) is 13.0 Å². The van der Waals surface area contributed by atoms with Crippen LogP contribution in [0, 0.1) is 5.41 Å². The molecule has 0 aromatic carbocycles. The van der Waals surface area contributed by atoms with Crippen LogP contribution in [0.3, 0.4) is 0 Å². The molecule has 96 valence electrons. The lowest BCUT2D eigenvalue weighted by Gasteiger charge is -2.28. The normalized spacial score (nSPS) is 13.6. The number of nitrogens with zero attached hydrogens (tertiary/aromatic N) is 1. The summed E-state index contributed by atoms with van der Waals surface area (Å²) in [5.74, 6) is 0. The highest BCUT2D eigenvalue weighted by Crippen LogP contribution is 2.27. The van der Waals surface area contributed by atoms with Gasteiger partial charge in [0.15, 0.2) is 0 Å². The van der Waals surface area contributed by atoms with Crippen molar-refractivity contribution >= 4 is 0 Å². The molecule has 1 N–H and O–H groups in total. The number of hydrogen-bond acceptors (Lipinski definition) is 2. The fourth-order valence-electron chi connectivity index (χ4n) is 2.42. The summed E-state index contributed by atoms with van der Waals surface area (Å²) in [5.41, 5.74) is 1.72. The standard InChI is InChI=1S/C15H26N2/c1-5-8-17-13(2)11-15(3,4)12-14-6-9-16-10-7-14/h6-7,9-10,13,17H,5,8,11-12H2,1-4H3. The molecule has 0 aliphatic rings. The summed E-state index contributed by atoms with van der Waals surface area (Å²) in [4.78, 5) is 4.06. The molecular formula is C15H26N2. The zero-order valence-electron chi connectivity index (χ0n) is 11.7. The zero-order valence-corrected chi connectivity index (χ0v) is 11.7. The molecule has 17 heavy (non-hydrogen) atoms. The summed E-state index contributed by atoms with van der Waals surface area (Å²) < 4.78 is 0. The van der Waals surface area contributed by atoms with Crippen molar-refractivity contribution < 1.29 is 0 Å². The third-order valence-corrected chi connectivity index (χ3v) is 3.03. The van der Waals surface area contributed by atoms with Crippen LogP contribution in [0.2, 0.25) is 0 Å². The van der Waals surface area contributed by atoms with Gasteiger partial charge in [-0.15, -0.1) is 0 Å². The first-order chi connectivity index (χ1) is 8.03. The Kier molecular flexibility index (Phi) is 5.63. The van der Waals surface area contributed by atoms with Crippen molar-refractivity contribution in [2.75, 3.05) is 6.54 Å². The number of nitrogens with one attached hydrogen (secondary N) is 1. The van der Waals surface area contributed by atoms with E-state index in [9.17, 15) is 0 Å².